The fraction of sp³-hybridized carbons (Fsp3) is 0.364. The van der Waals surface area contributed by atoms with Crippen molar-refractivity contribution in [3.63, 3.8) is 0 Å². The van der Waals surface area contributed by atoms with Gasteiger partial charge in [0, 0.05) is 15.3 Å². The minimum absolute atomic E-state index is 0.163. The third-order valence-electron chi connectivity index (χ3n) is 2.01. The van der Waals surface area contributed by atoms with Crippen LogP contribution in [-0.4, -0.2) is 12.0 Å². The number of carbonyl (C=O) groups excluding carboxylic acids is 1. The molecule has 1 aromatic carbocycles. The van der Waals surface area contributed by atoms with Gasteiger partial charge >= 0.3 is 0 Å². The number of thioether (sulfide) groups is 1. The molecule has 0 atom stereocenters. The van der Waals surface area contributed by atoms with Crippen LogP contribution in [0.25, 0.3) is 0 Å². The molecule has 0 amide bonds. The van der Waals surface area contributed by atoms with Crippen LogP contribution in [-0.2, 0) is 0 Å². The normalized spacial score (nSPS) is 10.8. The van der Waals surface area contributed by atoms with Gasteiger partial charge in [-0.1, -0.05) is 29.8 Å². The molecular weight excluding hydrogens is 279 g/mol. The van der Waals surface area contributed by atoms with Crippen LogP contribution in [0.3, 0.4) is 0 Å². The first-order chi connectivity index (χ1) is 6.97. The van der Waals surface area contributed by atoms with Crippen LogP contribution in [0.4, 0.5) is 4.39 Å². The van der Waals surface area contributed by atoms with E-state index >= 15 is 0 Å². The summed E-state index contributed by atoms with van der Waals surface area (Å²) in [4.78, 5) is 12.2. The lowest BCUT2D eigenvalue weighted by molar-refractivity contribution is 0.0934. The number of hydrogen-bond acceptors (Lipinski definition) is 2. The Bertz CT molecular complexity index is 390. The molecule has 0 spiro atoms. The van der Waals surface area contributed by atoms with Crippen LogP contribution in [0.2, 0.25) is 0 Å². The van der Waals surface area contributed by atoms with Gasteiger partial charge in [0.15, 0.2) is 5.78 Å². The van der Waals surface area contributed by atoms with Crippen LogP contribution in [0.1, 0.15) is 24.2 Å². The molecule has 0 saturated carbocycles. The van der Waals surface area contributed by atoms with Gasteiger partial charge in [0.05, 0.1) is 5.56 Å². The highest BCUT2D eigenvalue weighted by atomic mass is 79.9. The molecular formula is C11H12BrFOS. The monoisotopic (exact) mass is 290 g/mol. The first-order valence-corrected chi connectivity index (χ1v) is 6.56. The summed E-state index contributed by atoms with van der Waals surface area (Å²) in [5, 5.41) is 0. The van der Waals surface area contributed by atoms with E-state index in [-0.39, 0.29) is 17.3 Å². The smallest absolute Gasteiger partial charge is 0.168 e. The molecule has 0 aromatic heterocycles. The Kier molecular flexibility index (Phi) is 4.34. The molecule has 15 heavy (non-hydrogen) atoms. The van der Waals surface area contributed by atoms with E-state index in [1.54, 1.807) is 26.2 Å². The summed E-state index contributed by atoms with van der Waals surface area (Å²) in [6.07, 6.45) is 1.79. The summed E-state index contributed by atoms with van der Waals surface area (Å²) >= 11 is 4.57. The highest BCUT2D eigenvalue weighted by Gasteiger charge is 2.18. The van der Waals surface area contributed by atoms with Crippen LogP contribution in [0.15, 0.2) is 21.5 Å². The minimum Gasteiger partial charge on any atom is -0.294 e. The van der Waals surface area contributed by atoms with Crippen LogP contribution < -0.4 is 0 Å². The minimum atomic E-state index is -0.413. The SMILES string of the molecule is CSc1cc(Br)cc(C(=O)C(C)C)c1F. The number of rotatable bonds is 3. The highest BCUT2D eigenvalue weighted by Crippen LogP contribution is 2.28. The Morgan fingerprint density at radius 2 is 2.07 bits per heavy atom. The Morgan fingerprint density at radius 1 is 1.47 bits per heavy atom. The van der Waals surface area contributed by atoms with Crippen molar-refractivity contribution in [3.8, 4) is 0 Å². The van der Waals surface area contributed by atoms with Gasteiger partial charge in [0.2, 0.25) is 0 Å². The summed E-state index contributed by atoms with van der Waals surface area (Å²) < 4.78 is 14.5. The second kappa shape index (κ2) is 5.12. The van der Waals surface area contributed by atoms with Crippen LogP contribution >= 0.6 is 27.7 Å². The Balaban J connectivity index is 3.29. The molecule has 0 radical (unpaired) electrons. The van der Waals surface area contributed by atoms with Gasteiger partial charge in [-0.05, 0) is 18.4 Å². The van der Waals surface area contributed by atoms with Crippen molar-refractivity contribution in [2.75, 3.05) is 6.26 Å². The summed E-state index contributed by atoms with van der Waals surface area (Å²) in [5.74, 6) is -0.767. The van der Waals surface area contributed by atoms with Crippen molar-refractivity contribution < 1.29 is 9.18 Å². The third kappa shape index (κ3) is 2.82. The second-order valence-electron chi connectivity index (χ2n) is 3.49. The van der Waals surface area contributed by atoms with Crippen molar-refractivity contribution in [3.05, 3.63) is 28.0 Å². The lowest BCUT2D eigenvalue weighted by Gasteiger charge is -2.09. The molecule has 1 nitrogen and oxygen atoms in total. The lowest BCUT2D eigenvalue weighted by Crippen LogP contribution is -2.10. The summed E-state index contributed by atoms with van der Waals surface area (Å²) in [5.41, 5.74) is 0.170. The number of halogens is 2. The Morgan fingerprint density at radius 3 is 2.53 bits per heavy atom. The number of carbonyl (C=O) groups is 1. The van der Waals surface area contributed by atoms with Gasteiger partial charge in [-0.3, -0.25) is 4.79 Å². The lowest BCUT2D eigenvalue weighted by atomic mass is 10.0. The van der Waals surface area contributed by atoms with E-state index in [4.69, 9.17) is 0 Å². The van der Waals surface area contributed by atoms with Crippen molar-refractivity contribution in [2.45, 2.75) is 18.7 Å². The molecule has 82 valence electrons. The third-order valence-corrected chi connectivity index (χ3v) is 3.21. The topological polar surface area (TPSA) is 17.1 Å². The van der Waals surface area contributed by atoms with E-state index in [0.29, 0.717) is 4.90 Å². The van der Waals surface area contributed by atoms with E-state index in [2.05, 4.69) is 15.9 Å². The first kappa shape index (κ1) is 12.7. The molecule has 0 bridgehead atoms. The van der Waals surface area contributed by atoms with E-state index in [1.807, 2.05) is 0 Å². The summed E-state index contributed by atoms with van der Waals surface area (Å²) in [6, 6.07) is 3.22. The standard InChI is InChI=1S/C11H12BrFOS/c1-6(2)11(14)8-4-7(12)5-9(15-3)10(8)13/h4-6H,1-3H3. The maximum Gasteiger partial charge on any atom is 0.168 e. The van der Waals surface area contributed by atoms with Crippen molar-refractivity contribution in [2.24, 2.45) is 5.92 Å². The quantitative estimate of drug-likeness (QED) is 0.614. The second-order valence-corrected chi connectivity index (χ2v) is 5.25. The fourth-order valence-corrected chi connectivity index (χ4v) is 2.35. The van der Waals surface area contributed by atoms with Gasteiger partial charge in [0.1, 0.15) is 5.82 Å². The maximum atomic E-state index is 13.8. The van der Waals surface area contributed by atoms with E-state index in [0.717, 1.165) is 4.47 Å². The molecule has 0 aliphatic rings. The zero-order valence-corrected chi connectivity index (χ0v) is 11.2. The average Bonchev–Trinajstić information content (AvgIpc) is 2.19. The number of Topliss-reactive ketones (excluding diaryl/α,β-unsaturated/α-hetero) is 1. The molecule has 4 heteroatoms. The van der Waals surface area contributed by atoms with Gasteiger partial charge < -0.3 is 0 Å². The largest absolute Gasteiger partial charge is 0.294 e. The predicted octanol–water partition coefficient (Wildman–Crippen LogP) is 4.15. The maximum absolute atomic E-state index is 13.8. The van der Waals surface area contributed by atoms with E-state index in [1.165, 1.54) is 17.8 Å². The zero-order chi connectivity index (χ0) is 11.6. The van der Waals surface area contributed by atoms with Crippen molar-refractivity contribution in [1.29, 1.82) is 0 Å². The molecule has 0 saturated heterocycles. The van der Waals surface area contributed by atoms with E-state index in [9.17, 15) is 9.18 Å². The van der Waals surface area contributed by atoms with Gasteiger partial charge in [-0.2, -0.15) is 0 Å². The van der Waals surface area contributed by atoms with Crippen molar-refractivity contribution in [1.82, 2.24) is 0 Å². The van der Waals surface area contributed by atoms with Crippen LogP contribution in [0, 0.1) is 11.7 Å². The number of hydrogen-bond donors (Lipinski definition) is 0. The number of ketones is 1. The number of benzene rings is 1. The molecule has 0 fully saturated rings. The Hall–Kier alpha value is -0.350. The zero-order valence-electron chi connectivity index (χ0n) is 8.80. The van der Waals surface area contributed by atoms with Gasteiger partial charge in [0.25, 0.3) is 0 Å². The first-order valence-electron chi connectivity index (χ1n) is 4.54. The van der Waals surface area contributed by atoms with Crippen molar-refractivity contribution >= 4 is 33.5 Å². The summed E-state index contributed by atoms with van der Waals surface area (Å²) in [6.45, 7) is 3.53. The molecule has 0 unspecified atom stereocenters. The molecule has 0 aliphatic heterocycles. The molecule has 1 aromatic rings. The Labute approximate surface area is 102 Å². The molecule has 1 rings (SSSR count). The average molecular weight is 291 g/mol. The summed E-state index contributed by atoms with van der Waals surface area (Å²) in [7, 11) is 0. The van der Waals surface area contributed by atoms with E-state index < -0.39 is 5.82 Å². The molecule has 0 heterocycles. The van der Waals surface area contributed by atoms with Crippen LogP contribution in [0.5, 0.6) is 0 Å². The predicted molar refractivity (Wildman–Crippen MR) is 65.0 cm³/mol. The fourth-order valence-electron chi connectivity index (χ4n) is 1.20. The van der Waals surface area contributed by atoms with Gasteiger partial charge in [-0.15, -0.1) is 11.8 Å². The highest BCUT2D eigenvalue weighted by molar-refractivity contribution is 9.10. The van der Waals surface area contributed by atoms with Gasteiger partial charge in [-0.25, -0.2) is 4.39 Å². The molecule has 0 N–H and O–H groups in total. The molecule has 0 aliphatic carbocycles.